The van der Waals surface area contributed by atoms with Crippen LogP contribution in [0.15, 0.2) is 18.2 Å². The van der Waals surface area contributed by atoms with E-state index in [4.69, 9.17) is 16.7 Å². The number of carboxylic acid groups (broad SMARTS) is 1. The third-order valence-corrected chi connectivity index (χ3v) is 4.56. The van der Waals surface area contributed by atoms with Crippen molar-refractivity contribution in [3.63, 3.8) is 0 Å². The number of hydrogen-bond donors (Lipinski definition) is 1. The lowest BCUT2D eigenvalue weighted by atomic mass is 9.98. The summed E-state index contributed by atoms with van der Waals surface area (Å²) in [5.41, 5.74) is 1.27. The minimum Gasteiger partial charge on any atom is -0.478 e. The smallest absolute Gasteiger partial charge is 0.335 e. The van der Waals surface area contributed by atoms with Crippen molar-refractivity contribution in [2.24, 2.45) is 5.92 Å². The molecule has 4 heteroatoms. The second-order valence-electron chi connectivity index (χ2n) is 5.59. The third kappa shape index (κ3) is 3.97. The molecule has 2 rings (SSSR count). The number of carbonyl (C=O) groups is 1. The summed E-state index contributed by atoms with van der Waals surface area (Å²) in [4.78, 5) is 13.3. The van der Waals surface area contributed by atoms with Crippen LogP contribution in [0.3, 0.4) is 0 Å². The molecule has 1 atom stereocenters. The summed E-state index contributed by atoms with van der Waals surface area (Å²) in [6, 6.07) is 5.02. The van der Waals surface area contributed by atoms with Crippen LogP contribution in [0.2, 0.25) is 5.02 Å². The highest BCUT2D eigenvalue weighted by Gasteiger charge is 2.17. The van der Waals surface area contributed by atoms with E-state index in [1.54, 1.807) is 12.1 Å². The largest absolute Gasteiger partial charge is 0.478 e. The molecule has 0 spiro atoms. The van der Waals surface area contributed by atoms with Crippen molar-refractivity contribution in [1.29, 1.82) is 0 Å². The van der Waals surface area contributed by atoms with Gasteiger partial charge in [0.25, 0.3) is 0 Å². The Labute approximate surface area is 125 Å². The van der Waals surface area contributed by atoms with E-state index in [1.165, 1.54) is 25.7 Å². The molecule has 20 heavy (non-hydrogen) atoms. The minimum absolute atomic E-state index is 0.251. The van der Waals surface area contributed by atoms with Crippen molar-refractivity contribution in [3.05, 3.63) is 34.3 Å². The Morgan fingerprint density at radius 2 is 2.20 bits per heavy atom. The molecule has 1 aromatic carbocycles. The fourth-order valence-corrected chi connectivity index (χ4v) is 3.08. The molecule has 0 aliphatic carbocycles. The maximum absolute atomic E-state index is 10.9. The van der Waals surface area contributed by atoms with Crippen molar-refractivity contribution in [2.75, 3.05) is 13.1 Å². The standard InChI is InChI=1S/C16H22ClNO2/c1-2-12-4-3-8-18(9-7-12)11-14-6-5-13(16(19)20)10-15(14)17/h5-6,10,12H,2-4,7-9,11H2,1H3,(H,19,20). The average molecular weight is 296 g/mol. The first-order valence-electron chi connectivity index (χ1n) is 7.34. The third-order valence-electron chi connectivity index (χ3n) is 4.21. The van der Waals surface area contributed by atoms with Gasteiger partial charge < -0.3 is 5.11 Å². The number of aromatic carboxylic acids is 1. The van der Waals surface area contributed by atoms with Crippen LogP contribution in [0, 0.1) is 5.92 Å². The van der Waals surface area contributed by atoms with Gasteiger partial charge >= 0.3 is 5.97 Å². The quantitative estimate of drug-likeness (QED) is 0.911. The fourth-order valence-electron chi connectivity index (χ4n) is 2.84. The molecule has 0 saturated carbocycles. The lowest BCUT2D eigenvalue weighted by molar-refractivity contribution is 0.0697. The van der Waals surface area contributed by atoms with E-state index in [2.05, 4.69) is 11.8 Å². The van der Waals surface area contributed by atoms with Gasteiger partial charge in [-0.15, -0.1) is 0 Å². The molecular weight excluding hydrogens is 274 g/mol. The summed E-state index contributed by atoms with van der Waals surface area (Å²) in [6.07, 6.45) is 5.07. The van der Waals surface area contributed by atoms with Gasteiger partial charge in [0, 0.05) is 11.6 Å². The zero-order valence-electron chi connectivity index (χ0n) is 11.9. The second kappa shape index (κ2) is 7.09. The summed E-state index contributed by atoms with van der Waals surface area (Å²) in [5.74, 6) is -0.0798. The Kier molecular flexibility index (Phi) is 5.44. The molecule has 0 aromatic heterocycles. The number of nitrogens with zero attached hydrogens (tertiary/aromatic N) is 1. The zero-order valence-corrected chi connectivity index (χ0v) is 12.7. The van der Waals surface area contributed by atoms with Crippen LogP contribution >= 0.6 is 11.6 Å². The Bertz CT molecular complexity index is 476. The number of carboxylic acids is 1. The van der Waals surface area contributed by atoms with E-state index in [-0.39, 0.29) is 5.56 Å². The van der Waals surface area contributed by atoms with Gasteiger partial charge in [0.05, 0.1) is 5.56 Å². The van der Waals surface area contributed by atoms with Gasteiger partial charge in [0.2, 0.25) is 0 Å². The summed E-state index contributed by atoms with van der Waals surface area (Å²) in [5, 5.41) is 9.50. The highest BCUT2D eigenvalue weighted by molar-refractivity contribution is 6.31. The molecule has 0 amide bonds. The number of halogens is 1. The number of benzene rings is 1. The fraction of sp³-hybridized carbons (Fsp3) is 0.562. The van der Waals surface area contributed by atoms with Gasteiger partial charge in [-0.25, -0.2) is 4.79 Å². The highest BCUT2D eigenvalue weighted by atomic mass is 35.5. The highest BCUT2D eigenvalue weighted by Crippen LogP contribution is 2.24. The number of hydrogen-bond acceptors (Lipinski definition) is 2. The monoisotopic (exact) mass is 295 g/mol. The molecule has 0 bridgehead atoms. The predicted molar refractivity (Wildman–Crippen MR) is 81.3 cm³/mol. The zero-order chi connectivity index (χ0) is 14.5. The normalized spacial score (nSPS) is 20.6. The van der Waals surface area contributed by atoms with Gasteiger partial charge in [0.1, 0.15) is 0 Å². The molecule has 1 fully saturated rings. The molecule has 1 heterocycles. The van der Waals surface area contributed by atoms with Crippen LogP contribution in [0.5, 0.6) is 0 Å². The topological polar surface area (TPSA) is 40.5 Å². The van der Waals surface area contributed by atoms with Crippen molar-refractivity contribution in [1.82, 2.24) is 4.90 Å². The predicted octanol–water partition coefficient (Wildman–Crippen LogP) is 4.05. The van der Waals surface area contributed by atoms with Crippen LogP contribution < -0.4 is 0 Å². The number of likely N-dealkylation sites (tertiary alicyclic amines) is 1. The minimum atomic E-state index is -0.931. The van der Waals surface area contributed by atoms with E-state index < -0.39 is 5.97 Å². The van der Waals surface area contributed by atoms with E-state index in [0.717, 1.165) is 31.1 Å². The van der Waals surface area contributed by atoms with Gasteiger partial charge in [-0.1, -0.05) is 31.0 Å². The maximum atomic E-state index is 10.9. The average Bonchev–Trinajstić information content (AvgIpc) is 2.66. The van der Waals surface area contributed by atoms with Crippen molar-refractivity contribution >= 4 is 17.6 Å². The molecular formula is C16H22ClNO2. The molecule has 110 valence electrons. The van der Waals surface area contributed by atoms with Gasteiger partial charge in [-0.05, 0) is 56.0 Å². The van der Waals surface area contributed by atoms with E-state index in [1.807, 2.05) is 6.07 Å². The molecule has 1 N–H and O–H groups in total. The first kappa shape index (κ1) is 15.3. The van der Waals surface area contributed by atoms with Crippen LogP contribution in [0.4, 0.5) is 0 Å². The Balaban J connectivity index is 2.01. The Hall–Kier alpha value is -1.06. The first-order chi connectivity index (χ1) is 9.60. The first-order valence-corrected chi connectivity index (χ1v) is 7.72. The summed E-state index contributed by atoms with van der Waals surface area (Å²) < 4.78 is 0. The van der Waals surface area contributed by atoms with E-state index in [9.17, 15) is 4.79 Å². The van der Waals surface area contributed by atoms with Gasteiger partial charge in [0.15, 0.2) is 0 Å². The molecule has 1 saturated heterocycles. The maximum Gasteiger partial charge on any atom is 0.335 e. The Morgan fingerprint density at radius 1 is 1.40 bits per heavy atom. The summed E-state index contributed by atoms with van der Waals surface area (Å²) in [6.45, 7) is 5.29. The second-order valence-corrected chi connectivity index (χ2v) is 6.00. The summed E-state index contributed by atoms with van der Waals surface area (Å²) >= 11 is 6.20. The summed E-state index contributed by atoms with van der Waals surface area (Å²) in [7, 11) is 0. The van der Waals surface area contributed by atoms with E-state index >= 15 is 0 Å². The molecule has 0 radical (unpaired) electrons. The number of rotatable bonds is 4. The molecule has 1 aliphatic rings. The van der Waals surface area contributed by atoms with Crippen LogP contribution in [-0.4, -0.2) is 29.1 Å². The van der Waals surface area contributed by atoms with E-state index in [0.29, 0.717) is 5.02 Å². The van der Waals surface area contributed by atoms with Crippen LogP contribution in [-0.2, 0) is 6.54 Å². The van der Waals surface area contributed by atoms with Crippen molar-refractivity contribution < 1.29 is 9.90 Å². The molecule has 1 aliphatic heterocycles. The lowest BCUT2D eigenvalue weighted by Gasteiger charge is -2.21. The molecule has 3 nitrogen and oxygen atoms in total. The SMILES string of the molecule is CCC1CCCN(Cc2ccc(C(=O)O)cc2Cl)CC1. The van der Waals surface area contributed by atoms with Crippen molar-refractivity contribution in [2.45, 2.75) is 39.2 Å². The van der Waals surface area contributed by atoms with Crippen LogP contribution in [0.1, 0.15) is 48.5 Å². The van der Waals surface area contributed by atoms with Crippen LogP contribution in [0.25, 0.3) is 0 Å². The van der Waals surface area contributed by atoms with Crippen molar-refractivity contribution in [3.8, 4) is 0 Å². The lowest BCUT2D eigenvalue weighted by Crippen LogP contribution is -2.24. The van der Waals surface area contributed by atoms with Gasteiger partial charge in [-0.3, -0.25) is 4.90 Å². The van der Waals surface area contributed by atoms with Gasteiger partial charge in [-0.2, -0.15) is 0 Å². The Morgan fingerprint density at radius 3 is 2.85 bits per heavy atom. The molecule has 1 unspecified atom stereocenters. The molecule has 1 aromatic rings.